The summed E-state index contributed by atoms with van der Waals surface area (Å²) in [6.45, 7) is 7.32. The van der Waals surface area contributed by atoms with Gasteiger partial charge in [0.25, 0.3) is 5.91 Å². The SMILES string of the molecule is CCNC(=NCc1ccccc1F)NCCCN1C(=O)NC(C)(CC)C1=O. The molecular formula is C19H28FN5O2. The van der Waals surface area contributed by atoms with Gasteiger partial charge in [0.15, 0.2) is 5.96 Å². The highest BCUT2D eigenvalue weighted by atomic mass is 19.1. The van der Waals surface area contributed by atoms with E-state index in [1.807, 2.05) is 13.8 Å². The zero-order valence-electron chi connectivity index (χ0n) is 16.1. The van der Waals surface area contributed by atoms with E-state index in [4.69, 9.17) is 0 Å². The Bertz CT molecular complexity index is 709. The molecule has 0 bridgehead atoms. The third-order valence-electron chi connectivity index (χ3n) is 4.61. The van der Waals surface area contributed by atoms with Crippen LogP contribution in [0.4, 0.5) is 9.18 Å². The number of aliphatic imine (C=N–C) groups is 1. The molecule has 1 heterocycles. The van der Waals surface area contributed by atoms with Gasteiger partial charge < -0.3 is 16.0 Å². The second-order valence-corrected chi connectivity index (χ2v) is 6.64. The van der Waals surface area contributed by atoms with Crippen molar-refractivity contribution in [2.24, 2.45) is 4.99 Å². The van der Waals surface area contributed by atoms with Crippen LogP contribution in [0.25, 0.3) is 0 Å². The number of hydrogen-bond donors (Lipinski definition) is 3. The molecule has 0 saturated carbocycles. The van der Waals surface area contributed by atoms with Gasteiger partial charge in [-0.15, -0.1) is 0 Å². The number of halogens is 1. The quantitative estimate of drug-likeness (QED) is 0.280. The summed E-state index contributed by atoms with van der Waals surface area (Å²) < 4.78 is 13.7. The minimum absolute atomic E-state index is 0.185. The van der Waals surface area contributed by atoms with Gasteiger partial charge in [-0.2, -0.15) is 0 Å². The Balaban J connectivity index is 1.84. The molecule has 1 saturated heterocycles. The molecule has 1 aliphatic rings. The van der Waals surface area contributed by atoms with Crippen LogP contribution in [0, 0.1) is 5.82 Å². The number of nitrogens with zero attached hydrogens (tertiary/aromatic N) is 2. The Morgan fingerprint density at radius 1 is 1.26 bits per heavy atom. The first kappa shape index (κ1) is 20.7. The molecule has 0 aliphatic carbocycles. The van der Waals surface area contributed by atoms with Crippen LogP contribution in [0.1, 0.15) is 39.2 Å². The van der Waals surface area contributed by atoms with Gasteiger partial charge in [-0.1, -0.05) is 25.1 Å². The third kappa shape index (κ3) is 5.18. The van der Waals surface area contributed by atoms with Gasteiger partial charge >= 0.3 is 6.03 Å². The van der Waals surface area contributed by atoms with Crippen LogP contribution < -0.4 is 16.0 Å². The first-order valence-corrected chi connectivity index (χ1v) is 9.31. The molecule has 7 nitrogen and oxygen atoms in total. The number of guanidine groups is 1. The highest BCUT2D eigenvalue weighted by Crippen LogP contribution is 2.20. The van der Waals surface area contributed by atoms with E-state index in [0.717, 1.165) is 0 Å². The van der Waals surface area contributed by atoms with Crippen molar-refractivity contribution in [3.8, 4) is 0 Å². The maximum absolute atomic E-state index is 13.7. The van der Waals surface area contributed by atoms with Crippen LogP contribution in [0.5, 0.6) is 0 Å². The number of hydrogen-bond acceptors (Lipinski definition) is 3. The molecule has 0 spiro atoms. The molecule has 8 heteroatoms. The van der Waals surface area contributed by atoms with Gasteiger partial charge in [0.05, 0.1) is 6.54 Å². The zero-order chi connectivity index (χ0) is 19.9. The number of carbonyl (C=O) groups is 2. The maximum Gasteiger partial charge on any atom is 0.325 e. The molecule has 1 aromatic rings. The zero-order valence-corrected chi connectivity index (χ0v) is 16.1. The van der Waals surface area contributed by atoms with Gasteiger partial charge in [0.1, 0.15) is 11.4 Å². The van der Waals surface area contributed by atoms with E-state index in [2.05, 4.69) is 20.9 Å². The Morgan fingerprint density at radius 2 is 2.00 bits per heavy atom. The fourth-order valence-corrected chi connectivity index (χ4v) is 2.77. The Morgan fingerprint density at radius 3 is 2.63 bits per heavy atom. The molecule has 2 rings (SSSR count). The lowest BCUT2D eigenvalue weighted by atomic mass is 9.99. The summed E-state index contributed by atoms with van der Waals surface area (Å²) in [7, 11) is 0. The van der Waals surface area contributed by atoms with Crippen LogP contribution in [0.15, 0.2) is 29.3 Å². The Labute approximate surface area is 159 Å². The first-order valence-electron chi connectivity index (χ1n) is 9.31. The first-order chi connectivity index (χ1) is 12.9. The molecule has 1 aliphatic heterocycles. The van der Waals surface area contributed by atoms with Crippen molar-refractivity contribution < 1.29 is 14.0 Å². The minimum Gasteiger partial charge on any atom is -0.357 e. The molecule has 1 aromatic carbocycles. The van der Waals surface area contributed by atoms with E-state index >= 15 is 0 Å². The van der Waals surface area contributed by atoms with E-state index in [0.29, 0.717) is 44.0 Å². The van der Waals surface area contributed by atoms with Crippen molar-refractivity contribution in [3.05, 3.63) is 35.6 Å². The summed E-state index contributed by atoms with van der Waals surface area (Å²) in [5.74, 6) is 0.0982. The minimum atomic E-state index is -0.805. The highest BCUT2D eigenvalue weighted by Gasteiger charge is 2.45. The van der Waals surface area contributed by atoms with Gasteiger partial charge in [-0.3, -0.25) is 9.69 Å². The molecule has 3 amide bonds. The predicted molar refractivity (Wildman–Crippen MR) is 103 cm³/mol. The molecule has 1 fully saturated rings. The largest absolute Gasteiger partial charge is 0.357 e. The number of amides is 3. The van der Waals surface area contributed by atoms with Gasteiger partial charge in [-0.25, -0.2) is 14.2 Å². The van der Waals surface area contributed by atoms with Crippen molar-refractivity contribution in [3.63, 3.8) is 0 Å². The van der Waals surface area contributed by atoms with Gasteiger partial charge in [0, 0.05) is 25.2 Å². The molecule has 0 aromatic heterocycles. The summed E-state index contributed by atoms with van der Waals surface area (Å²) in [5, 5.41) is 8.98. The molecular weight excluding hydrogens is 349 g/mol. The number of nitrogens with one attached hydrogen (secondary N) is 3. The summed E-state index contributed by atoms with van der Waals surface area (Å²) in [4.78, 5) is 30.0. The van der Waals surface area contributed by atoms with Crippen LogP contribution in [0.3, 0.4) is 0 Å². The molecule has 27 heavy (non-hydrogen) atoms. The number of carbonyl (C=O) groups excluding carboxylic acids is 2. The molecule has 148 valence electrons. The lowest BCUT2D eigenvalue weighted by Gasteiger charge is -2.19. The van der Waals surface area contributed by atoms with E-state index in [9.17, 15) is 14.0 Å². The summed E-state index contributed by atoms with van der Waals surface area (Å²) >= 11 is 0. The third-order valence-corrected chi connectivity index (χ3v) is 4.61. The van der Waals surface area contributed by atoms with E-state index in [1.54, 1.807) is 25.1 Å². The van der Waals surface area contributed by atoms with Crippen LogP contribution in [-0.4, -0.2) is 48.0 Å². The number of urea groups is 1. The summed E-state index contributed by atoms with van der Waals surface area (Å²) in [6.07, 6.45) is 1.14. The van der Waals surface area contributed by atoms with Crippen molar-refractivity contribution >= 4 is 17.9 Å². The standard InChI is InChI=1S/C19H28FN5O2/c1-4-19(3)16(26)25(18(27)24-19)12-8-11-22-17(21-5-2)23-13-14-9-6-7-10-15(14)20/h6-7,9-10H,4-5,8,11-13H2,1-3H3,(H,24,27)(H2,21,22,23). The summed E-state index contributed by atoms with van der Waals surface area (Å²) in [5.41, 5.74) is -0.284. The monoisotopic (exact) mass is 377 g/mol. The summed E-state index contributed by atoms with van der Waals surface area (Å²) in [6, 6.07) is 6.18. The van der Waals surface area contributed by atoms with Gasteiger partial charge in [-0.05, 0) is 32.8 Å². The van der Waals surface area contributed by atoms with Gasteiger partial charge in [0.2, 0.25) is 0 Å². The lowest BCUT2D eigenvalue weighted by Crippen LogP contribution is -2.43. The average Bonchev–Trinajstić information content (AvgIpc) is 2.87. The molecule has 1 unspecified atom stereocenters. The fourth-order valence-electron chi connectivity index (χ4n) is 2.77. The fraction of sp³-hybridized carbons (Fsp3) is 0.526. The Kier molecular flexibility index (Phi) is 7.15. The van der Waals surface area contributed by atoms with Crippen molar-refractivity contribution in [2.45, 2.75) is 45.7 Å². The number of imide groups is 1. The normalized spacial score (nSPS) is 20.0. The molecule has 0 radical (unpaired) electrons. The molecule has 3 N–H and O–H groups in total. The smallest absolute Gasteiger partial charge is 0.325 e. The molecule has 1 atom stereocenters. The van der Waals surface area contributed by atoms with Crippen LogP contribution in [0.2, 0.25) is 0 Å². The van der Waals surface area contributed by atoms with E-state index in [-0.39, 0.29) is 24.3 Å². The second kappa shape index (κ2) is 9.34. The maximum atomic E-state index is 13.7. The topological polar surface area (TPSA) is 85.8 Å². The van der Waals surface area contributed by atoms with E-state index in [1.165, 1.54) is 11.0 Å². The highest BCUT2D eigenvalue weighted by molar-refractivity contribution is 6.06. The van der Waals surface area contributed by atoms with Crippen molar-refractivity contribution in [1.29, 1.82) is 0 Å². The van der Waals surface area contributed by atoms with Crippen molar-refractivity contribution in [1.82, 2.24) is 20.9 Å². The number of rotatable bonds is 8. The van der Waals surface area contributed by atoms with Crippen LogP contribution >= 0.6 is 0 Å². The van der Waals surface area contributed by atoms with Crippen molar-refractivity contribution in [2.75, 3.05) is 19.6 Å². The van der Waals surface area contributed by atoms with E-state index < -0.39 is 5.54 Å². The second-order valence-electron chi connectivity index (χ2n) is 6.64. The van der Waals surface area contributed by atoms with Crippen LogP contribution in [-0.2, 0) is 11.3 Å². The number of benzene rings is 1. The Hall–Kier alpha value is -2.64. The average molecular weight is 377 g/mol. The lowest BCUT2D eigenvalue weighted by molar-refractivity contribution is -0.130. The predicted octanol–water partition coefficient (Wildman–Crippen LogP) is 1.99.